The highest BCUT2D eigenvalue weighted by Crippen LogP contribution is 2.43. The Morgan fingerprint density at radius 3 is 2.60 bits per heavy atom. The zero-order chi connectivity index (χ0) is 15.2. The van der Waals surface area contributed by atoms with Crippen molar-refractivity contribution >= 4 is 21.7 Å². The van der Waals surface area contributed by atoms with Gasteiger partial charge in [0.2, 0.25) is 5.91 Å². The standard InChI is InChI=1S/C11H16N2O6S/c1-5(14)8-7-2-6(3-20(18,19)4-12)9(11(16)17)13(7)10(8)15/h5,7-8,14H,2-4,12H2,1H3,(H,16,17). The number of rotatable bonds is 5. The summed E-state index contributed by atoms with van der Waals surface area (Å²) in [5.74, 6) is -3.56. The molecule has 112 valence electrons. The fourth-order valence-electron chi connectivity index (χ4n) is 2.81. The van der Waals surface area contributed by atoms with E-state index in [1.54, 1.807) is 0 Å². The Morgan fingerprint density at radius 2 is 2.15 bits per heavy atom. The van der Waals surface area contributed by atoms with Crippen molar-refractivity contribution in [3.63, 3.8) is 0 Å². The number of sulfone groups is 1. The van der Waals surface area contributed by atoms with Crippen LogP contribution in [0.25, 0.3) is 0 Å². The summed E-state index contributed by atoms with van der Waals surface area (Å²) >= 11 is 0. The number of carbonyl (C=O) groups excluding carboxylic acids is 1. The molecule has 1 saturated heterocycles. The fourth-order valence-corrected chi connectivity index (χ4v) is 3.72. The minimum absolute atomic E-state index is 0.141. The second-order valence-corrected chi connectivity index (χ2v) is 7.17. The normalized spacial score (nSPS) is 27.4. The molecule has 3 unspecified atom stereocenters. The smallest absolute Gasteiger partial charge is 0.352 e. The molecule has 2 heterocycles. The van der Waals surface area contributed by atoms with Gasteiger partial charge in [-0.2, -0.15) is 0 Å². The quantitative estimate of drug-likeness (QED) is 0.513. The Morgan fingerprint density at radius 1 is 1.55 bits per heavy atom. The molecule has 9 heteroatoms. The van der Waals surface area contributed by atoms with Crippen molar-refractivity contribution in [2.75, 3.05) is 11.6 Å². The van der Waals surface area contributed by atoms with Crippen molar-refractivity contribution in [3.05, 3.63) is 11.3 Å². The molecule has 0 spiro atoms. The maximum Gasteiger partial charge on any atom is 0.352 e. The number of carboxylic acid groups (broad SMARTS) is 1. The van der Waals surface area contributed by atoms with Crippen molar-refractivity contribution in [1.29, 1.82) is 0 Å². The number of aliphatic carboxylic acids is 1. The number of nitrogens with zero attached hydrogens (tertiary/aromatic N) is 1. The lowest BCUT2D eigenvalue weighted by Crippen LogP contribution is -2.61. The van der Waals surface area contributed by atoms with E-state index in [1.165, 1.54) is 6.92 Å². The average Bonchev–Trinajstić information content (AvgIpc) is 2.62. The molecule has 0 bridgehead atoms. The Balaban J connectivity index is 2.33. The third-order valence-electron chi connectivity index (χ3n) is 3.67. The maximum absolute atomic E-state index is 11.9. The molecule has 0 aromatic carbocycles. The minimum atomic E-state index is -3.59. The molecule has 0 aromatic heterocycles. The number of hydrogen-bond acceptors (Lipinski definition) is 6. The van der Waals surface area contributed by atoms with E-state index in [0.717, 1.165) is 4.90 Å². The van der Waals surface area contributed by atoms with Crippen LogP contribution in [0.2, 0.25) is 0 Å². The van der Waals surface area contributed by atoms with Crippen LogP contribution in [0.1, 0.15) is 13.3 Å². The first-order valence-electron chi connectivity index (χ1n) is 6.06. The van der Waals surface area contributed by atoms with Gasteiger partial charge in [0, 0.05) is 0 Å². The van der Waals surface area contributed by atoms with Crippen molar-refractivity contribution in [1.82, 2.24) is 4.90 Å². The summed E-state index contributed by atoms with van der Waals surface area (Å²) < 4.78 is 23.1. The molecular formula is C11H16N2O6S. The molecule has 8 nitrogen and oxygen atoms in total. The summed E-state index contributed by atoms with van der Waals surface area (Å²) in [4.78, 5) is 24.2. The van der Waals surface area contributed by atoms with Crippen LogP contribution in [0.5, 0.6) is 0 Å². The first kappa shape index (κ1) is 14.9. The van der Waals surface area contributed by atoms with Gasteiger partial charge in [0.1, 0.15) is 5.70 Å². The van der Waals surface area contributed by atoms with Gasteiger partial charge in [-0.1, -0.05) is 0 Å². The molecule has 0 aromatic rings. The van der Waals surface area contributed by atoms with Gasteiger partial charge in [0.15, 0.2) is 9.84 Å². The van der Waals surface area contributed by atoms with Crippen molar-refractivity contribution in [3.8, 4) is 0 Å². The molecule has 4 N–H and O–H groups in total. The van der Waals surface area contributed by atoms with Crippen LogP contribution >= 0.6 is 0 Å². The SMILES string of the molecule is CC(O)C1C(=O)N2C(C(=O)O)=C(CS(=O)(=O)CN)CC12. The van der Waals surface area contributed by atoms with Gasteiger partial charge in [0.05, 0.1) is 29.7 Å². The number of aliphatic hydroxyl groups excluding tert-OH is 1. The predicted octanol–water partition coefficient (Wildman–Crippen LogP) is -1.73. The summed E-state index contributed by atoms with van der Waals surface area (Å²) in [5.41, 5.74) is 5.00. The molecule has 1 amide bonds. The Bertz CT molecular complexity index is 594. The van der Waals surface area contributed by atoms with Crippen molar-refractivity contribution in [2.24, 2.45) is 11.7 Å². The second kappa shape index (κ2) is 4.83. The van der Waals surface area contributed by atoms with Crippen molar-refractivity contribution < 1.29 is 28.2 Å². The van der Waals surface area contributed by atoms with Crippen LogP contribution in [-0.4, -0.2) is 59.2 Å². The number of β-lactam (4-membered cyclic amide) rings is 1. The van der Waals surface area contributed by atoms with Gasteiger partial charge in [-0.25, -0.2) is 13.2 Å². The molecule has 0 radical (unpaired) electrons. The largest absolute Gasteiger partial charge is 0.477 e. The number of fused-ring (bicyclic) bond motifs is 1. The third kappa shape index (κ3) is 2.21. The van der Waals surface area contributed by atoms with Gasteiger partial charge in [-0.05, 0) is 18.9 Å². The topological polar surface area (TPSA) is 138 Å². The summed E-state index contributed by atoms with van der Waals surface area (Å²) in [7, 11) is -3.59. The zero-order valence-corrected chi connectivity index (χ0v) is 11.6. The molecule has 1 fully saturated rings. The first-order valence-corrected chi connectivity index (χ1v) is 7.88. The lowest BCUT2D eigenvalue weighted by Gasteiger charge is -2.44. The lowest BCUT2D eigenvalue weighted by atomic mass is 9.83. The first-order chi connectivity index (χ1) is 9.19. The molecule has 3 atom stereocenters. The van der Waals surface area contributed by atoms with Gasteiger partial charge in [-0.15, -0.1) is 0 Å². The molecule has 2 rings (SSSR count). The Kier molecular flexibility index (Phi) is 3.61. The molecule has 2 aliphatic rings. The third-order valence-corrected chi connectivity index (χ3v) is 4.97. The second-order valence-electron chi connectivity index (χ2n) is 5.06. The highest BCUT2D eigenvalue weighted by atomic mass is 32.2. The maximum atomic E-state index is 11.9. The van der Waals surface area contributed by atoms with Crippen LogP contribution in [0.3, 0.4) is 0 Å². The minimum Gasteiger partial charge on any atom is -0.477 e. The highest BCUT2D eigenvalue weighted by molar-refractivity contribution is 7.91. The average molecular weight is 304 g/mol. The fraction of sp³-hybridized carbons (Fsp3) is 0.636. The monoisotopic (exact) mass is 304 g/mol. The Hall–Kier alpha value is -1.45. The van der Waals surface area contributed by atoms with Gasteiger partial charge in [0.25, 0.3) is 0 Å². The van der Waals surface area contributed by atoms with Crippen LogP contribution in [-0.2, 0) is 19.4 Å². The predicted molar refractivity (Wildman–Crippen MR) is 67.9 cm³/mol. The van der Waals surface area contributed by atoms with E-state index in [-0.39, 0.29) is 17.7 Å². The number of nitrogens with two attached hydrogens (primary N) is 1. The van der Waals surface area contributed by atoms with Crippen molar-refractivity contribution in [2.45, 2.75) is 25.5 Å². The molecule has 20 heavy (non-hydrogen) atoms. The highest BCUT2D eigenvalue weighted by Gasteiger charge is 2.56. The zero-order valence-electron chi connectivity index (χ0n) is 10.8. The van der Waals surface area contributed by atoms with E-state index in [2.05, 4.69) is 0 Å². The van der Waals surface area contributed by atoms with Crippen LogP contribution in [0.4, 0.5) is 0 Å². The molecular weight excluding hydrogens is 288 g/mol. The summed E-state index contributed by atoms with van der Waals surface area (Å²) in [5, 5.41) is 18.7. The van der Waals surface area contributed by atoms with Crippen LogP contribution < -0.4 is 5.73 Å². The summed E-state index contributed by atoms with van der Waals surface area (Å²) in [6.07, 6.45) is -0.758. The van der Waals surface area contributed by atoms with Gasteiger partial charge in [-0.3, -0.25) is 4.79 Å². The van der Waals surface area contributed by atoms with E-state index < -0.39 is 51.4 Å². The molecule has 0 saturated carbocycles. The summed E-state index contributed by atoms with van der Waals surface area (Å²) in [6.45, 7) is 1.45. The number of carboxylic acids is 1. The van der Waals surface area contributed by atoms with E-state index in [1.807, 2.05) is 0 Å². The number of aliphatic hydroxyl groups is 1. The van der Waals surface area contributed by atoms with Gasteiger partial charge < -0.3 is 20.8 Å². The summed E-state index contributed by atoms with van der Waals surface area (Å²) in [6, 6.07) is -0.475. The van der Waals surface area contributed by atoms with Gasteiger partial charge >= 0.3 is 5.97 Å². The lowest BCUT2D eigenvalue weighted by molar-refractivity contribution is -0.161. The van der Waals surface area contributed by atoms with Crippen LogP contribution in [0, 0.1) is 5.92 Å². The van der Waals surface area contributed by atoms with E-state index in [4.69, 9.17) is 5.73 Å². The number of hydrogen-bond donors (Lipinski definition) is 3. The van der Waals surface area contributed by atoms with E-state index in [9.17, 15) is 28.2 Å². The van der Waals surface area contributed by atoms with E-state index >= 15 is 0 Å². The number of amides is 1. The molecule has 2 aliphatic heterocycles. The van der Waals surface area contributed by atoms with E-state index in [0.29, 0.717) is 0 Å². The Labute approximate surface area is 115 Å². The number of carbonyl (C=O) groups is 2. The molecule has 0 aliphatic carbocycles. The van der Waals surface area contributed by atoms with Crippen LogP contribution in [0.15, 0.2) is 11.3 Å².